The van der Waals surface area contributed by atoms with Crippen molar-refractivity contribution < 1.29 is 13.5 Å². The van der Waals surface area contributed by atoms with Crippen LogP contribution in [0.1, 0.15) is 5.56 Å². The molecule has 2 aromatic rings. The summed E-state index contributed by atoms with van der Waals surface area (Å²) in [4.78, 5) is 3.87. The van der Waals surface area contributed by atoms with E-state index in [-0.39, 0.29) is 16.5 Å². The van der Waals surface area contributed by atoms with Gasteiger partial charge in [0.25, 0.3) is 0 Å². The highest BCUT2D eigenvalue weighted by atomic mass is 35.5. The predicted octanol–water partition coefficient (Wildman–Crippen LogP) is 3.95. The molecular formula is C13H8ClF2N3O. The van der Waals surface area contributed by atoms with Crippen LogP contribution in [0.4, 0.5) is 20.2 Å². The summed E-state index contributed by atoms with van der Waals surface area (Å²) in [6, 6.07) is 9.22. The van der Waals surface area contributed by atoms with Crippen molar-refractivity contribution in [2.24, 2.45) is 0 Å². The van der Waals surface area contributed by atoms with Crippen molar-refractivity contribution in [1.82, 2.24) is 4.98 Å². The minimum atomic E-state index is -2.93. The number of rotatable bonds is 4. The van der Waals surface area contributed by atoms with E-state index in [1.165, 1.54) is 24.4 Å². The molecule has 0 atom stereocenters. The van der Waals surface area contributed by atoms with Gasteiger partial charge in [0.1, 0.15) is 11.8 Å². The first-order valence-corrected chi connectivity index (χ1v) is 5.84. The Morgan fingerprint density at radius 2 is 2.10 bits per heavy atom. The van der Waals surface area contributed by atoms with Crippen LogP contribution < -0.4 is 10.1 Å². The minimum absolute atomic E-state index is 0.0542. The molecule has 0 aliphatic carbocycles. The van der Waals surface area contributed by atoms with Crippen LogP contribution in [0, 0.1) is 11.3 Å². The second-order valence-corrected chi connectivity index (χ2v) is 4.02. The first-order valence-electron chi connectivity index (χ1n) is 5.46. The summed E-state index contributed by atoms with van der Waals surface area (Å²) in [6.45, 7) is -2.93. The Kier molecular flexibility index (Phi) is 4.33. The Morgan fingerprint density at radius 3 is 2.75 bits per heavy atom. The largest absolute Gasteiger partial charge is 0.435 e. The second kappa shape index (κ2) is 6.17. The van der Waals surface area contributed by atoms with Crippen molar-refractivity contribution in [3.63, 3.8) is 0 Å². The molecule has 0 saturated heterocycles. The highest BCUT2D eigenvalue weighted by Crippen LogP contribution is 2.28. The SMILES string of the molecule is N#Cc1ccc(OC(F)F)cc1Nc1cccnc1Cl. The quantitative estimate of drug-likeness (QED) is 0.868. The lowest BCUT2D eigenvalue weighted by atomic mass is 10.2. The van der Waals surface area contributed by atoms with Gasteiger partial charge in [0.15, 0.2) is 5.15 Å². The number of aromatic nitrogens is 1. The monoisotopic (exact) mass is 295 g/mol. The number of benzene rings is 1. The van der Waals surface area contributed by atoms with Crippen LogP contribution in [0.15, 0.2) is 36.5 Å². The number of nitrogens with zero attached hydrogens (tertiary/aromatic N) is 2. The lowest BCUT2D eigenvalue weighted by Crippen LogP contribution is -2.03. The molecule has 0 saturated carbocycles. The Balaban J connectivity index is 2.34. The number of pyridine rings is 1. The zero-order chi connectivity index (χ0) is 14.5. The van der Waals surface area contributed by atoms with Gasteiger partial charge >= 0.3 is 6.61 Å². The van der Waals surface area contributed by atoms with E-state index in [4.69, 9.17) is 16.9 Å². The molecular weight excluding hydrogens is 288 g/mol. The van der Waals surface area contributed by atoms with Gasteiger partial charge in [-0.2, -0.15) is 14.0 Å². The van der Waals surface area contributed by atoms with Crippen LogP contribution in [-0.2, 0) is 0 Å². The molecule has 102 valence electrons. The molecule has 0 aliphatic heterocycles. The Morgan fingerprint density at radius 1 is 1.30 bits per heavy atom. The Labute approximate surface area is 118 Å². The topological polar surface area (TPSA) is 57.9 Å². The third-order valence-electron chi connectivity index (χ3n) is 2.37. The van der Waals surface area contributed by atoms with Crippen molar-refractivity contribution in [2.75, 3.05) is 5.32 Å². The fraction of sp³-hybridized carbons (Fsp3) is 0.0769. The number of ether oxygens (including phenoxy) is 1. The number of nitriles is 1. The number of anilines is 2. The highest BCUT2D eigenvalue weighted by Gasteiger charge is 2.10. The van der Waals surface area contributed by atoms with E-state index in [1.54, 1.807) is 12.1 Å². The summed E-state index contributed by atoms with van der Waals surface area (Å²) in [5.74, 6) is -0.0542. The normalized spacial score (nSPS) is 10.2. The van der Waals surface area contributed by atoms with Crippen LogP contribution in [-0.4, -0.2) is 11.6 Å². The van der Waals surface area contributed by atoms with Crippen LogP contribution in [0.25, 0.3) is 0 Å². The summed E-state index contributed by atoms with van der Waals surface area (Å²) in [7, 11) is 0. The third kappa shape index (κ3) is 3.33. The standard InChI is InChI=1S/C13H8ClF2N3O/c14-12-10(2-1-5-18-12)19-11-6-9(20-13(15)16)4-3-8(11)7-17/h1-6,13,19H. The van der Waals surface area contributed by atoms with E-state index in [2.05, 4.69) is 15.0 Å². The Hall–Kier alpha value is -2.39. The number of nitrogens with one attached hydrogen (secondary N) is 1. The molecule has 1 heterocycles. The van der Waals surface area contributed by atoms with Crippen molar-refractivity contribution in [1.29, 1.82) is 5.26 Å². The maximum atomic E-state index is 12.2. The summed E-state index contributed by atoms with van der Waals surface area (Å²) < 4.78 is 28.7. The first-order chi connectivity index (χ1) is 9.60. The van der Waals surface area contributed by atoms with E-state index < -0.39 is 6.61 Å². The molecule has 1 aromatic carbocycles. The fourth-order valence-corrected chi connectivity index (χ4v) is 1.69. The smallest absolute Gasteiger partial charge is 0.387 e. The van der Waals surface area contributed by atoms with Crippen LogP contribution in [0.3, 0.4) is 0 Å². The molecule has 0 fully saturated rings. The maximum absolute atomic E-state index is 12.2. The zero-order valence-corrected chi connectivity index (χ0v) is 10.7. The molecule has 0 amide bonds. The summed E-state index contributed by atoms with van der Waals surface area (Å²) in [5, 5.41) is 12.1. The molecule has 1 N–H and O–H groups in total. The number of halogens is 3. The summed E-state index contributed by atoms with van der Waals surface area (Å²) in [5.41, 5.74) is 1.03. The molecule has 4 nitrogen and oxygen atoms in total. The third-order valence-corrected chi connectivity index (χ3v) is 2.67. The fourth-order valence-electron chi connectivity index (χ4n) is 1.52. The second-order valence-electron chi connectivity index (χ2n) is 3.66. The van der Waals surface area contributed by atoms with Gasteiger partial charge in [0.05, 0.1) is 16.9 Å². The summed E-state index contributed by atoms with van der Waals surface area (Å²) in [6.07, 6.45) is 1.51. The van der Waals surface area contributed by atoms with E-state index >= 15 is 0 Å². The van der Waals surface area contributed by atoms with Gasteiger partial charge in [-0.25, -0.2) is 4.98 Å². The van der Waals surface area contributed by atoms with E-state index in [0.717, 1.165) is 0 Å². The van der Waals surface area contributed by atoms with Crippen molar-refractivity contribution in [3.05, 3.63) is 47.2 Å². The van der Waals surface area contributed by atoms with Crippen LogP contribution in [0.2, 0.25) is 5.15 Å². The van der Waals surface area contributed by atoms with Gasteiger partial charge in [0.2, 0.25) is 0 Å². The first kappa shape index (κ1) is 14.0. The average molecular weight is 296 g/mol. The minimum Gasteiger partial charge on any atom is -0.435 e. The molecule has 20 heavy (non-hydrogen) atoms. The van der Waals surface area contributed by atoms with Gasteiger partial charge < -0.3 is 10.1 Å². The van der Waals surface area contributed by atoms with Crippen LogP contribution >= 0.6 is 11.6 Å². The molecule has 0 aliphatic rings. The van der Waals surface area contributed by atoms with Gasteiger partial charge in [-0.3, -0.25) is 0 Å². The molecule has 7 heteroatoms. The van der Waals surface area contributed by atoms with Crippen molar-refractivity contribution in [2.45, 2.75) is 6.61 Å². The number of alkyl halides is 2. The van der Waals surface area contributed by atoms with E-state index in [9.17, 15) is 8.78 Å². The van der Waals surface area contributed by atoms with E-state index in [0.29, 0.717) is 11.4 Å². The van der Waals surface area contributed by atoms with Gasteiger partial charge in [0, 0.05) is 12.3 Å². The molecule has 2 rings (SSSR count). The number of hydrogen-bond donors (Lipinski definition) is 1. The highest BCUT2D eigenvalue weighted by molar-refractivity contribution is 6.32. The molecule has 0 bridgehead atoms. The lowest BCUT2D eigenvalue weighted by Gasteiger charge is -2.11. The van der Waals surface area contributed by atoms with Crippen LogP contribution in [0.5, 0.6) is 5.75 Å². The van der Waals surface area contributed by atoms with Gasteiger partial charge in [-0.15, -0.1) is 0 Å². The molecule has 0 unspecified atom stereocenters. The Bertz CT molecular complexity index is 658. The van der Waals surface area contributed by atoms with Gasteiger partial charge in [-0.05, 0) is 24.3 Å². The van der Waals surface area contributed by atoms with E-state index in [1.807, 2.05) is 6.07 Å². The number of hydrogen-bond acceptors (Lipinski definition) is 4. The average Bonchev–Trinajstić information content (AvgIpc) is 2.41. The zero-order valence-electron chi connectivity index (χ0n) is 9.98. The molecule has 0 radical (unpaired) electrons. The van der Waals surface area contributed by atoms with Crippen molar-refractivity contribution in [3.8, 4) is 11.8 Å². The summed E-state index contributed by atoms with van der Waals surface area (Å²) >= 11 is 5.89. The molecule has 0 spiro atoms. The molecule has 1 aromatic heterocycles. The predicted molar refractivity (Wildman–Crippen MR) is 70.3 cm³/mol. The van der Waals surface area contributed by atoms with Gasteiger partial charge in [-0.1, -0.05) is 11.6 Å². The maximum Gasteiger partial charge on any atom is 0.387 e. The van der Waals surface area contributed by atoms with Crippen molar-refractivity contribution >= 4 is 23.0 Å². The lowest BCUT2D eigenvalue weighted by molar-refractivity contribution is -0.0498.